The van der Waals surface area contributed by atoms with Gasteiger partial charge in [-0.05, 0) is 36.8 Å². The molecule has 0 heterocycles. The van der Waals surface area contributed by atoms with Crippen LogP contribution in [0.5, 0.6) is 0 Å². The molecular weight excluding hydrogens is 238 g/mol. The minimum Gasteiger partial charge on any atom is -0.481 e. The highest BCUT2D eigenvalue weighted by Crippen LogP contribution is 2.27. The zero-order valence-electron chi connectivity index (χ0n) is 11.6. The SMILES string of the molecule is CC(NCc1ccccc1CC(=O)O)C1CCCC1. The van der Waals surface area contributed by atoms with E-state index in [-0.39, 0.29) is 6.42 Å². The highest BCUT2D eigenvalue weighted by Gasteiger charge is 2.21. The summed E-state index contributed by atoms with van der Waals surface area (Å²) in [6.45, 7) is 3.01. The molecule has 1 unspecified atom stereocenters. The van der Waals surface area contributed by atoms with Crippen molar-refractivity contribution in [2.24, 2.45) is 5.92 Å². The van der Waals surface area contributed by atoms with E-state index >= 15 is 0 Å². The van der Waals surface area contributed by atoms with E-state index in [1.165, 1.54) is 25.7 Å². The van der Waals surface area contributed by atoms with Crippen molar-refractivity contribution in [3.63, 3.8) is 0 Å². The van der Waals surface area contributed by atoms with E-state index in [4.69, 9.17) is 5.11 Å². The summed E-state index contributed by atoms with van der Waals surface area (Å²) in [7, 11) is 0. The van der Waals surface area contributed by atoms with Gasteiger partial charge in [0.2, 0.25) is 0 Å². The van der Waals surface area contributed by atoms with Crippen molar-refractivity contribution < 1.29 is 9.90 Å². The summed E-state index contributed by atoms with van der Waals surface area (Å²) >= 11 is 0. The smallest absolute Gasteiger partial charge is 0.307 e. The minimum absolute atomic E-state index is 0.107. The largest absolute Gasteiger partial charge is 0.481 e. The number of carboxylic acids is 1. The zero-order valence-corrected chi connectivity index (χ0v) is 11.6. The van der Waals surface area contributed by atoms with Gasteiger partial charge in [-0.3, -0.25) is 4.79 Å². The number of aliphatic carboxylic acids is 1. The fraction of sp³-hybridized carbons (Fsp3) is 0.562. The third kappa shape index (κ3) is 4.06. The molecule has 3 heteroatoms. The van der Waals surface area contributed by atoms with Crippen molar-refractivity contribution in [3.8, 4) is 0 Å². The maximum Gasteiger partial charge on any atom is 0.307 e. The van der Waals surface area contributed by atoms with Gasteiger partial charge in [0.15, 0.2) is 0 Å². The molecule has 104 valence electrons. The van der Waals surface area contributed by atoms with Crippen LogP contribution in [0.2, 0.25) is 0 Å². The molecule has 2 N–H and O–H groups in total. The van der Waals surface area contributed by atoms with Crippen molar-refractivity contribution in [1.29, 1.82) is 0 Å². The van der Waals surface area contributed by atoms with Crippen LogP contribution in [0.15, 0.2) is 24.3 Å². The van der Waals surface area contributed by atoms with Gasteiger partial charge in [0.05, 0.1) is 6.42 Å². The molecule has 0 aliphatic heterocycles. The summed E-state index contributed by atoms with van der Waals surface area (Å²) in [5.74, 6) is 0.0166. The first kappa shape index (κ1) is 14.1. The molecule has 1 fully saturated rings. The maximum atomic E-state index is 10.8. The highest BCUT2D eigenvalue weighted by molar-refractivity contribution is 5.70. The average Bonchev–Trinajstić information content (AvgIpc) is 2.90. The molecule has 1 saturated carbocycles. The van der Waals surface area contributed by atoms with Gasteiger partial charge in [0, 0.05) is 12.6 Å². The van der Waals surface area contributed by atoms with Gasteiger partial charge in [-0.15, -0.1) is 0 Å². The number of nitrogens with one attached hydrogen (secondary N) is 1. The zero-order chi connectivity index (χ0) is 13.7. The standard InChI is InChI=1S/C16H23NO2/c1-12(13-6-2-3-7-13)17-11-15-9-5-4-8-14(15)10-16(18)19/h4-5,8-9,12-13,17H,2-3,6-7,10-11H2,1H3,(H,18,19). The number of carbonyl (C=O) groups is 1. The normalized spacial score (nSPS) is 17.5. The van der Waals surface area contributed by atoms with Gasteiger partial charge >= 0.3 is 5.97 Å². The number of benzene rings is 1. The first-order valence-electron chi connectivity index (χ1n) is 7.19. The molecule has 2 rings (SSSR count). The van der Waals surface area contributed by atoms with Crippen LogP contribution in [0.1, 0.15) is 43.7 Å². The Morgan fingerprint density at radius 2 is 1.95 bits per heavy atom. The molecule has 1 aliphatic carbocycles. The summed E-state index contributed by atoms with van der Waals surface area (Å²) < 4.78 is 0. The molecular formula is C16H23NO2. The lowest BCUT2D eigenvalue weighted by Gasteiger charge is -2.21. The van der Waals surface area contributed by atoms with Crippen LogP contribution in [0, 0.1) is 5.92 Å². The predicted octanol–water partition coefficient (Wildman–Crippen LogP) is 2.98. The van der Waals surface area contributed by atoms with Crippen molar-refractivity contribution in [2.45, 2.75) is 51.6 Å². The second-order valence-electron chi connectivity index (χ2n) is 5.55. The minimum atomic E-state index is -0.767. The van der Waals surface area contributed by atoms with Crippen molar-refractivity contribution in [2.75, 3.05) is 0 Å². The van der Waals surface area contributed by atoms with Crippen molar-refractivity contribution >= 4 is 5.97 Å². The van der Waals surface area contributed by atoms with Gasteiger partial charge in [-0.2, -0.15) is 0 Å². The summed E-state index contributed by atoms with van der Waals surface area (Å²) in [6, 6.07) is 8.32. The molecule has 1 atom stereocenters. The molecule has 1 aliphatic rings. The van der Waals surface area contributed by atoms with Crippen LogP contribution < -0.4 is 5.32 Å². The fourth-order valence-electron chi connectivity index (χ4n) is 2.96. The quantitative estimate of drug-likeness (QED) is 0.827. The number of hydrogen-bond acceptors (Lipinski definition) is 2. The summed E-state index contributed by atoms with van der Waals surface area (Å²) in [4.78, 5) is 10.8. The first-order valence-corrected chi connectivity index (χ1v) is 7.19. The van der Waals surface area contributed by atoms with Gasteiger partial charge in [-0.1, -0.05) is 37.1 Å². The number of hydrogen-bond donors (Lipinski definition) is 2. The van der Waals surface area contributed by atoms with Crippen LogP contribution in [0.4, 0.5) is 0 Å². The Labute approximate surface area is 115 Å². The van der Waals surface area contributed by atoms with Crippen LogP contribution in [0.3, 0.4) is 0 Å². The Balaban J connectivity index is 1.92. The molecule has 1 aromatic carbocycles. The molecule has 0 bridgehead atoms. The lowest BCUT2D eigenvalue weighted by Crippen LogP contribution is -2.32. The molecule has 3 nitrogen and oxygen atoms in total. The second-order valence-corrected chi connectivity index (χ2v) is 5.55. The Kier molecular flexibility index (Phi) is 4.97. The topological polar surface area (TPSA) is 49.3 Å². The third-order valence-corrected chi connectivity index (χ3v) is 4.18. The molecule has 0 spiro atoms. The molecule has 0 radical (unpaired) electrons. The average molecular weight is 261 g/mol. The summed E-state index contributed by atoms with van der Waals surface area (Å²) in [5, 5.41) is 12.5. The molecule has 0 aromatic heterocycles. The van der Waals surface area contributed by atoms with E-state index in [1.807, 2.05) is 24.3 Å². The highest BCUT2D eigenvalue weighted by atomic mass is 16.4. The van der Waals surface area contributed by atoms with Crippen LogP contribution in [-0.2, 0) is 17.8 Å². The lowest BCUT2D eigenvalue weighted by molar-refractivity contribution is -0.136. The Hall–Kier alpha value is -1.35. The van der Waals surface area contributed by atoms with Gasteiger partial charge in [0.25, 0.3) is 0 Å². The Morgan fingerprint density at radius 1 is 1.32 bits per heavy atom. The Morgan fingerprint density at radius 3 is 2.58 bits per heavy atom. The van der Waals surface area contributed by atoms with Gasteiger partial charge < -0.3 is 10.4 Å². The molecule has 1 aromatic rings. The van der Waals surface area contributed by atoms with E-state index < -0.39 is 5.97 Å². The Bertz CT molecular complexity index is 425. The first-order chi connectivity index (χ1) is 9.16. The second kappa shape index (κ2) is 6.71. The number of carboxylic acid groups (broad SMARTS) is 1. The summed E-state index contributed by atoms with van der Waals surface area (Å²) in [5.41, 5.74) is 2.02. The van der Waals surface area contributed by atoms with E-state index in [9.17, 15) is 4.79 Å². The van der Waals surface area contributed by atoms with Crippen LogP contribution in [0.25, 0.3) is 0 Å². The molecule has 0 saturated heterocycles. The lowest BCUT2D eigenvalue weighted by atomic mass is 9.98. The van der Waals surface area contributed by atoms with E-state index in [0.717, 1.165) is 23.6 Å². The summed E-state index contributed by atoms with van der Waals surface area (Å²) in [6.07, 6.45) is 5.46. The predicted molar refractivity (Wildman–Crippen MR) is 76.0 cm³/mol. The number of rotatable bonds is 6. The van der Waals surface area contributed by atoms with E-state index in [0.29, 0.717) is 6.04 Å². The monoisotopic (exact) mass is 261 g/mol. The van der Waals surface area contributed by atoms with Crippen LogP contribution >= 0.6 is 0 Å². The molecule has 19 heavy (non-hydrogen) atoms. The fourth-order valence-corrected chi connectivity index (χ4v) is 2.96. The van der Waals surface area contributed by atoms with Gasteiger partial charge in [0.1, 0.15) is 0 Å². The van der Waals surface area contributed by atoms with Crippen molar-refractivity contribution in [1.82, 2.24) is 5.32 Å². The van der Waals surface area contributed by atoms with Crippen molar-refractivity contribution in [3.05, 3.63) is 35.4 Å². The van der Waals surface area contributed by atoms with Gasteiger partial charge in [-0.25, -0.2) is 0 Å². The van der Waals surface area contributed by atoms with Crippen LogP contribution in [-0.4, -0.2) is 17.1 Å². The molecule has 0 amide bonds. The maximum absolute atomic E-state index is 10.8. The van der Waals surface area contributed by atoms with E-state index in [2.05, 4.69) is 12.2 Å². The third-order valence-electron chi connectivity index (χ3n) is 4.18. The van der Waals surface area contributed by atoms with E-state index in [1.54, 1.807) is 0 Å².